The van der Waals surface area contributed by atoms with Crippen LogP contribution < -0.4 is 0 Å². The zero-order chi connectivity index (χ0) is 16.6. The van der Waals surface area contributed by atoms with Gasteiger partial charge in [0.05, 0.1) is 4.70 Å². The number of thiazole rings is 1. The largest absolute Gasteiger partial charge is 0.506 e. The average molecular weight is 325 g/mol. The molecule has 0 aliphatic heterocycles. The van der Waals surface area contributed by atoms with E-state index in [9.17, 15) is 5.11 Å². The third-order valence-electron chi connectivity index (χ3n) is 3.60. The van der Waals surface area contributed by atoms with Crippen molar-refractivity contribution in [3.05, 3.63) is 47.5 Å². The molecule has 0 aliphatic carbocycles. The maximum atomic E-state index is 9.87. The summed E-state index contributed by atoms with van der Waals surface area (Å²) >= 11 is 1.52. The molecule has 2 aromatic heterocycles. The first-order valence-corrected chi connectivity index (χ1v) is 8.53. The van der Waals surface area contributed by atoms with Crippen molar-refractivity contribution in [1.29, 1.82) is 0 Å². The number of nitrogens with zero attached hydrogens (tertiary/aromatic N) is 1. The van der Waals surface area contributed by atoms with E-state index in [2.05, 4.69) is 24.9 Å². The predicted molar refractivity (Wildman–Crippen MR) is 97.3 cm³/mol. The summed E-state index contributed by atoms with van der Waals surface area (Å²) in [5, 5.41) is 11.8. The number of rotatable bonds is 1. The maximum Gasteiger partial charge on any atom is 0.164 e. The van der Waals surface area contributed by atoms with Gasteiger partial charge in [-0.25, -0.2) is 4.98 Å². The molecule has 0 atom stereocenters. The molecule has 2 aromatic carbocycles. The third-order valence-corrected chi connectivity index (χ3v) is 4.63. The van der Waals surface area contributed by atoms with E-state index in [1.54, 1.807) is 6.07 Å². The first kappa shape index (κ1) is 15.6. The van der Waals surface area contributed by atoms with E-state index in [4.69, 9.17) is 4.42 Å². The second-order valence-corrected chi connectivity index (χ2v) is 6.28. The highest BCUT2D eigenvalue weighted by Gasteiger charge is 2.14. The molecule has 0 saturated carbocycles. The van der Waals surface area contributed by atoms with Crippen LogP contribution in [0.2, 0.25) is 0 Å². The lowest BCUT2D eigenvalue weighted by Gasteiger charge is -1.96. The van der Waals surface area contributed by atoms with E-state index in [0.717, 1.165) is 26.4 Å². The molecule has 3 nitrogen and oxygen atoms in total. The molecular formula is C19H19NO2S. The van der Waals surface area contributed by atoms with Crippen LogP contribution in [0, 0.1) is 13.8 Å². The van der Waals surface area contributed by atoms with Gasteiger partial charge in [0, 0.05) is 5.39 Å². The Morgan fingerprint density at radius 2 is 1.87 bits per heavy atom. The molecule has 0 spiro atoms. The first-order chi connectivity index (χ1) is 11.1. The fraction of sp³-hybridized carbons (Fsp3) is 0.211. The van der Waals surface area contributed by atoms with Crippen molar-refractivity contribution in [2.45, 2.75) is 27.7 Å². The minimum Gasteiger partial charge on any atom is -0.506 e. The summed E-state index contributed by atoms with van der Waals surface area (Å²) in [6.45, 7) is 8.14. The Morgan fingerprint density at radius 3 is 2.61 bits per heavy atom. The van der Waals surface area contributed by atoms with Crippen molar-refractivity contribution in [2.75, 3.05) is 0 Å². The lowest BCUT2D eigenvalue weighted by molar-refractivity contribution is 0.480. The monoisotopic (exact) mass is 325 g/mol. The number of phenols is 1. The second kappa shape index (κ2) is 6.05. The summed E-state index contributed by atoms with van der Waals surface area (Å²) in [5.41, 5.74) is 3.89. The Kier molecular flexibility index (Phi) is 4.09. The van der Waals surface area contributed by atoms with Crippen molar-refractivity contribution in [3.8, 4) is 16.5 Å². The van der Waals surface area contributed by atoms with E-state index >= 15 is 0 Å². The van der Waals surface area contributed by atoms with Gasteiger partial charge in [0.25, 0.3) is 0 Å². The van der Waals surface area contributed by atoms with Gasteiger partial charge in [-0.05, 0) is 49.2 Å². The minimum atomic E-state index is 0.207. The predicted octanol–water partition coefficient (Wildman–Crippen LogP) is 6.06. The Bertz CT molecular complexity index is 982. The molecule has 0 aliphatic rings. The van der Waals surface area contributed by atoms with Crippen LogP contribution in [0.3, 0.4) is 0 Å². The van der Waals surface area contributed by atoms with E-state index < -0.39 is 0 Å². The molecule has 0 amide bonds. The molecule has 4 heteroatoms. The topological polar surface area (TPSA) is 46.3 Å². The fourth-order valence-electron chi connectivity index (χ4n) is 2.63. The molecule has 0 radical (unpaired) electrons. The highest BCUT2D eigenvalue weighted by atomic mass is 32.1. The smallest absolute Gasteiger partial charge is 0.164 e. The molecule has 4 rings (SSSR count). The molecule has 2 heterocycles. The van der Waals surface area contributed by atoms with Gasteiger partial charge in [-0.3, -0.25) is 0 Å². The Balaban J connectivity index is 0.000000753. The van der Waals surface area contributed by atoms with Gasteiger partial charge in [-0.15, -0.1) is 11.3 Å². The van der Waals surface area contributed by atoms with Crippen molar-refractivity contribution in [1.82, 2.24) is 4.98 Å². The number of fused-ring (bicyclic) bond motifs is 2. The van der Waals surface area contributed by atoms with Crippen LogP contribution in [0.25, 0.3) is 32.0 Å². The molecule has 0 fully saturated rings. The number of aromatic hydroxyl groups is 1. The summed E-state index contributed by atoms with van der Waals surface area (Å²) in [5.74, 6) is 0.956. The molecule has 0 bridgehead atoms. The number of benzene rings is 2. The molecule has 118 valence electrons. The van der Waals surface area contributed by atoms with Gasteiger partial charge in [0.2, 0.25) is 0 Å². The molecule has 4 aromatic rings. The molecule has 0 saturated heterocycles. The fourth-order valence-corrected chi connectivity index (χ4v) is 3.57. The lowest BCUT2D eigenvalue weighted by Crippen LogP contribution is -1.76. The van der Waals surface area contributed by atoms with Crippen molar-refractivity contribution < 1.29 is 9.52 Å². The van der Waals surface area contributed by atoms with Gasteiger partial charge in [0.1, 0.15) is 16.8 Å². The van der Waals surface area contributed by atoms with Crippen molar-refractivity contribution in [3.63, 3.8) is 0 Å². The summed E-state index contributed by atoms with van der Waals surface area (Å²) in [6.07, 6.45) is 0. The summed E-state index contributed by atoms with van der Waals surface area (Å²) < 4.78 is 6.91. The van der Waals surface area contributed by atoms with Gasteiger partial charge >= 0.3 is 0 Å². The second-order valence-electron chi connectivity index (χ2n) is 5.25. The molecule has 23 heavy (non-hydrogen) atoms. The first-order valence-electron chi connectivity index (χ1n) is 7.71. The minimum absolute atomic E-state index is 0.207. The van der Waals surface area contributed by atoms with Crippen LogP contribution in [0.5, 0.6) is 5.75 Å². The summed E-state index contributed by atoms with van der Waals surface area (Å²) in [6, 6.07) is 11.6. The van der Waals surface area contributed by atoms with E-state index in [0.29, 0.717) is 5.52 Å². The number of hydrogen-bond donors (Lipinski definition) is 1. The number of para-hydroxylation sites is 1. The van der Waals surface area contributed by atoms with Crippen LogP contribution in [-0.2, 0) is 0 Å². The number of phenolic OH excluding ortho intramolecular Hbond substituents is 1. The van der Waals surface area contributed by atoms with Crippen LogP contribution in [0.4, 0.5) is 0 Å². The highest BCUT2D eigenvalue weighted by molar-refractivity contribution is 7.21. The third kappa shape index (κ3) is 2.70. The molecule has 1 N–H and O–H groups in total. The van der Waals surface area contributed by atoms with E-state index in [1.165, 1.54) is 22.5 Å². The van der Waals surface area contributed by atoms with Crippen molar-refractivity contribution >= 4 is 32.5 Å². The van der Waals surface area contributed by atoms with Gasteiger partial charge < -0.3 is 9.52 Å². The number of aryl methyl sites for hydroxylation is 2. The number of aromatic nitrogens is 1. The lowest BCUT2D eigenvalue weighted by atomic mass is 10.1. The zero-order valence-corrected chi connectivity index (χ0v) is 14.5. The number of hydrogen-bond acceptors (Lipinski definition) is 4. The van der Waals surface area contributed by atoms with E-state index in [-0.39, 0.29) is 5.75 Å². The van der Waals surface area contributed by atoms with Crippen LogP contribution >= 0.6 is 11.3 Å². The molecule has 0 unspecified atom stereocenters. The van der Waals surface area contributed by atoms with Crippen molar-refractivity contribution in [2.24, 2.45) is 0 Å². The van der Waals surface area contributed by atoms with Crippen LogP contribution in [0.1, 0.15) is 25.0 Å². The maximum absolute atomic E-state index is 9.87. The Morgan fingerprint density at radius 1 is 1.09 bits per heavy atom. The van der Waals surface area contributed by atoms with Gasteiger partial charge in [-0.1, -0.05) is 26.0 Å². The van der Waals surface area contributed by atoms with Crippen LogP contribution in [-0.4, -0.2) is 10.1 Å². The standard InChI is InChI=1S/C17H13NO2S.C2H6/c1-9-6-10(2)11-8-14(20-13(11)7-9)17-18-16-12(19)4-3-5-15(16)21-17;1-2/h3-8,19H,1-2H3;1-2H3. The Labute approximate surface area is 139 Å². The van der Waals surface area contributed by atoms with E-state index in [1.807, 2.05) is 38.1 Å². The quantitative estimate of drug-likeness (QED) is 0.463. The molecular weight excluding hydrogens is 306 g/mol. The normalized spacial score (nSPS) is 10.8. The zero-order valence-electron chi connectivity index (χ0n) is 13.7. The number of furan rings is 1. The van der Waals surface area contributed by atoms with Gasteiger partial charge in [0.15, 0.2) is 10.8 Å². The Hall–Kier alpha value is -2.33. The SMILES string of the molecule is CC.Cc1cc(C)c2cc(-c3nc4c(O)cccc4s3)oc2c1. The summed E-state index contributed by atoms with van der Waals surface area (Å²) in [4.78, 5) is 4.50. The summed E-state index contributed by atoms with van der Waals surface area (Å²) in [7, 11) is 0. The van der Waals surface area contributed by atoms with Gasteiger partial charge in [-0.2, -0.15) is 0 Å². The van der Waals surface area contributed by atoms with Crippen LogP contribution in [0.15, 0.2) is 40.8 Å². The highest BCUT2D eigenvalue weighted by Crippen LogP contribution is 2.37. The average Bonchev–Trinajstić information content (AvgIpc) is 3.13.